The second-order valence-corrected chi connectivity index (χ2v) is 15.5. The quantitative estimate of drug-likeness (QED) is 0.0702. The maximum absolute atomic E-state index is 12.0. The van der Waals surface area contributed by atoms with Crippen molar-refractivity contribution in [3.8, 4) is 17.2 Å². The van der Waals surface area contributed by atoms with Crippen molar-refractivity contribution in [1.29, 1.82) is 0 Å². The highest BCUT2D eigenvalue weighted by Crippen LogP contribution is 2.44. The van der Waals surface area contributed by atoms with E-state index >= 15 is 0 Å². The van der Waals surface area contributed by atoms with Crippen molar-refractivity contribution in [2.24, 2.45) is 11.8 Å². The van der Waals surface area contributed by atoms with Gasteiger partial charge in [-0.05, 0) is 114 Å². The van der Waals surface area contributed by atoms with Gasteiger partial charge < -0.3 is 39.8 Å². The van der Waals surface area contributed by atoms with E-state index in [9.17, 15) is 10.2 Å². The zero-order valence-electron chi connectivity index (χ0n) is 34.0. The van der Waals surface area contributed by atoms with Gasteiger partial charge in [-0.25, -0.2) is 0 Å². The van der Waals surface area contributed by atoms with Gasteiger partial charge in [0.15, 0.2) is 0 Å². The minimum Gasteiger partial charge on any atom is -0.489 e. The van der Waals surface area contributed by atoms with Gasteiger partial charge in [0.1, 0.15) is 23.9 Å². The Labute approximate surface area is 335 Å². The van der Waals surface area contributed by atoms with Crippen molar-refractivity contribution in [3.05, 3.63) is 125 Å². The molecule has 56 heavy (non-hydrogen) atoms. The number of piperidine rings is 2. The summed E-state index contributed by atoms with van der Waals surface area (Å²) in [5, 5.41) is 30.8. The topological polar surface area (TPSA) is 101 Å². The lowest BCUT2D eigenvalue weighted by atomic mass is 9.74. The minimum absolute atomic E-state index is 0.172. The number of methoxy groups -OCH3 is 2. The Morgan fingerprint density at radius 2 is 1.07 bits per heavy atom. The van der Waals surface area contributed by atoms with Gasteiger partial charge in [-0.3, -0.25) is 0 Å². The molecule has 2 heterocycles. The van der Waals surface area contributed by atoms with Crippen molar-refractivity contribution < 1.29 is 29.2 Å². The highest BCUT2D eigenvalue weighted by Gasteiger charge is 2.42. The predicted molar refractivity (Wildman–Crippen MR) is 225 cm³/mol. The molecule has 2 aliphatic rings. The molecule has 0 bridgehead atoms. The van der Waals surface area contributed by atoms with Gasteiger partial charge in [0.2, 0.25) is 0 Å². The normalized spacial score (nSPS) is 19.2. The van der Waals surface area contributed by atoms with Gasteiger partial charge in [0.05, 0.1) is 11.2 Å². The fourth-order valence-electron chi connectivity index (χ4n) is 8.31. The van der Waals surface area contributed by atoms with Crippen LogP contribution in [0.3, 0.4) is 0 Å². The second-order valence-electron chi connectivity index (χ2n) is 15.5. The van der Waals surface area contributed by atoms with Crippen molar-refractivity contribution in [2.45, 2.75) is 88.9 Å². The molecule has 4 aromatic rings. The standard InChI is InChI=1S/2C24H33NO3/c1-19-10-3-5-13-22(19)28-23-14-6-4-12-21(23)24(26,15-7-8-17-27-2)20-11-9-16-25-18-20;1-27-17-8-7-15-24(26,21-12-9-16-25-18-21)22-13-5-6-14-23(22)28-19-20-10-3-2-4-11-20/h3-6,10,12-14,20,25-26H,7-9,11,15-18H2,1-2H3;2-6,10-11,13-14,21,25-26H,7-9,12,15-19H2,1H3/t20-,24+;21-,24?/m11/s1. The Morgan fingerprint density at radius 3 is 1.59 bits per heavy atom. The van der Waals surface area contributed by atoms with Crippen LogP contribution < -0.4 is 20.1 Å². The fourth-order valence-corrected chi connectivity index (χ4v) is 8.31. The van der Waals surface area contributed by atoms with Crippen LogP contribution in [-0.2, 0) is 27.3 Å². The third-order valence-corrected chi connectivity index (χ3v) is 11.5. The molecule has 1 unspecified atom stereocenters. The minimum atomic E-state index is -0.916. The molecule has 2 saturated heterocycles. The van der Waals surface area contributed by atoms with Crippen LogP contribution in [0.5, 0.6) is 17.2 Å². The summed E-state index contributed by atoms with van der Waals surface area (Å²) >= 11 is 0. The fraction of sp³-hybridized carbons (Fsp3) is 0.500. The van der Waals surface area contributed by atoms with Crippen LogP contribution in [0.1, 0.15) is 86.5 Å². The molecule has 0 aliphatic carbocycles. The van der Waals surface area contributed by atoms with Crippen molar-refractivity contribution in [1.82, 2.24) is 10.6 Å². The molecule has 2 aliphatic heterocycles. The van der Waals surface area contributed by atoms with E-state index in [0.29, 0.717) is 19.4 Å². The maximum atomic E-state index is 12.0. The van der Waals surface area contributed by atoms with Gasteiger partial charge in [-0.2, -0.15) is 0 Å². The average molecular weight is 767 g/mol. The summed E-state index contributed by atoms with van der Waals surface area (Å²) in [6.07, 6.45) is 9.39. The molecule has 8 heteroatoms. The van der Waals surface area contributed by atoms with Crippen LogP contribution in [-0.4, -0.2) is 63.8 Å². The molecular formula is C48H66N2O6. The Morgan fingerprint density at radius 1 is 0.589 bits per heavy atom. The number of para-hydroxylation sites is 3. The number of rotatable bonds is 19. The molecule has 0 spiro atoms. The molecule has 8 nitrogen and oxygen atoms in total. The first-order valence-electron chi connectivity index (χ1n) is 20.8. The van der Waals surface area contributed by atoms with Gasteiger partial charge in [0.25, 0.3) is 0 Å². The first kappa shape index (κ1) is 43.4. The Hall–Kier alpha value is -3.76. The highest BCUT2D eigenvalue weighted by molar-refractivity contribution is 5.44. The van der Waals surface area contributed by atoms with Crippen LogP contribution in [0, 0.1) is 18.8 Å². The SMILES string of the molecule is COCCCCC(O)(c1ccccc1OCc1ccccc1)[C@@H]1CCCNC1.COCCCC[C@@](O)(c1ccccc1Oc1ccccc1C)[C@@H]1CCCNC1. The Kier molecular flexibility index (Phi) is 17.7. The van der Waals surface area contributed by atoms with Gasteiger partial charge in [-0.15, -0.1) is 0 Å². The van der Waals surface area contributed by atoms with E-state index in [1.807, 2.05) is 97.9 Å². The molecule has 0 aromatic heterocycles. The van der Waals surface area contributed by atoms with E-state index < -0.39 is 11.2 Å². The molecule has 0 saturated carbocycles. The van der Waals surface area contributed by atoms with Gasteiger partial charge >= 0.3 is 0 Å². The largest absolute Gasteiger partial charge is 0.489 e. The summed E-state index contributed by atoms with van der Waals surface area (Å²) in [5.41, 5.74) is 2.21. The van der Waals surface area contributed by atoms with Gasteiger partial charge in [0, 0.05) is 63.5 Å². The number of aryl methyl sites for hydroxylation is 1. The van der Waals surface area contributed by atoms with E-state index in [-0.39, 0.29) is 11.8 Å². The first-order chi connectivity index (χ1) is 27.4. The molecule has 304 valence electrons. The summed E-state index contributed by atoms with van der Waals surface area (Å²) in [4.78, 5) is 0. The van der Waals surface area contributed by atoms with E-state index in [0.717, 1.165) is 130 Å². The monoisotopic (exact) mass is 766 g/mol. The predicted octanol–water partition coefficient (Wildman–Crippen LogP) is 9.06. The second kappa shape index (κ2) is 22.8. The van der Waals surface area contributed by atoms with E-state index in [1.165, 1.54) is 0 Å². The molecule has 4 atom stereocenters. The summed E-state index contributed by atoms with van der Waals surface area (Å²) in [6.45, 7) is 7.72. The van der Waals surface area contributed by atoms with E-state index in [2.05, 4.69) is 22.8 Å². The van der Waals surface area contributed by atoms with Crippen molar-refractivity contribution in [3.63, 3.8) is 0 Å². The molecule has 2 fully saturated rings. The number of hydrogen-bond acceptors (Lipinski definition) is 8. The van der Waals surface area contributed by atoms with Crippen LogP contribution >= 0.6 is 0 Å². The molecule has 6 rings (SSSR count). The number of unbranched alkanes of at least 4 members (excludes halogenated alkanes) is 2. The summed E-state index contributed by atoms with van der Waals surface area (Å²) < 4.78 is 22.9. The lowest BCUT2D eigenvalue weighted by molar-refractivity contribution is -0.0455. The van der Waals surface area contributed by atoms with E-state index in [1.54, 1.807) is 14.2 Å². The van der Waals surface area contributed by atoms with Gasteiger partial charge in [-0.1, -0.05) is 84.9 Å². The first-order valence-corrected chi connectivity index (χ1v) is 20.8. The lowest BCUT2D eigenvalue weighted by Gasteiger charge is -2.40. The summed E-state index contributed by atoms with van der Waals surface area (Å²) in [7, 11) is 3.45. The maximum Gasteiger partial charge on any atom is 0.133 e. The smallest absolute Gasteiger partial charge is 0.133 e. The zero-order valence-corrected chi connectivity index (χ0v) is 34.0. The van der Waals surface area contributed by atoms with Crippen LogP contribution in [0.4, 0.5) is 0 Å². The number of benzene rings is 4. The molecule has 4 aromatic carbocycles. The summed E-state index contributed by atoms with van der Waals surface area (Å²) in [6, 6.07) is 34.1. The highest BCUT2D eigenvalue weighted by atomic mass is 16.5. The van der Waals surface area contributed by atoms with Crippen LogP contribution in [0.25, 0.3) is 0 Å². The average Bonchev–Trinajstić information content (AvgIpc) is 3.25. The van der Waals surface area contributed by atoms with Crippen LogP contribution in [0.2, 0.25) is 0 Å². The Bertz CT molecular complexity index is 1690. The summed E-state index contributed by atoms with van der Waals surface area (Å²) in [5.74, 6) is 2.72. The molecule has 0 amide bonds. The third kappa shape index (κ3) is 12.1. The number of aliphatic hydroxyl groups is 2. The van der Waals surface area contributed by atoms with Crippen LogP contribution in [0.15, 0.2) is 103 Å². The number of nitrogens with one attached hydrogen (secondary N) is 2. The molecule has 0 radical (unpaired) electrons. The number of ether oxygens (including phenoxy) is 4. The molecular weight excluding hydrogens is 701 g/mol. The lowest BCUT2D eigenvalue weighted by Crippen LogP contribution is -2.44. The van der Waals surface area contributed by atoms with Crippen molar-refractivity contribution in [2.75, 3.05) is 53.6 Å². The molecule has 4 N–H and O–H groups in total. The van der Waals surface area contributed by atoms with E-state index in [4.69, 9.17) is 18.9 Å². The third-order valence-electron chi connectivity index (χ3n) is 11.5. The Balaban J connectivity index is 0.000000214. The number of hydrogen-bond donors (Lipinski definition) is 4. The zero-order chi connectivity index (χ0) is 39.5. The van der Waals surface area contributed by atoms with Crippen molar-refractivity contribution >= 4 is 0 Å².